The van der Waals surface area contributed by atoms with E-state index in [1.54, 1.807) is 16.9 Å². The SMILES string of the molecule is Cc1cc(F)ccc1Cn1cc(CO)nn1. The Morgan fingerprint density at radius 2 is 2.25 bits per heavy atom. The quantitative estimate of drug-likeness (QED) is 0.849. The molecule has 16 heavy (non-hydrogen) atoms. The highest BCUT2D eigenvalue weighted by Gasteiger charge is 2.03. The number of aliphatic hydroxyl groups is 1. The third kappa shape index (κ3) is 2.25. The van der Waals surface area contributed by atoms with E-state index in [9.17, 15) is 4.39 Å². The van der Waals surface area contributed by atoms with Crippen LogP contribution in [0.2, 0.25) is 0 Å². The van der Waals surface area contributed by atoms with E-state index < -0.39 is 0 Å². The summed E-state index contributed by atoms with van der Waals surface area (Å²) in [5.74, 6) is -0.240. The molecule has 0 saturated heterocycles. The Bertz CT molecular complexity index is 496. The second-order valence-electron chi connectivity index (χ2n) is 3.64. The highest BCUT2D eigenvalue weighted by Crippen LogP contribution is 2.11. The predicted molar refractivity (Wildman–Crippen MR) is 56.2 cm³/mol. The predicted octanol–water partition coefficient (Wildman–Crippen LogP) is 1.27. The zero-order chi connectivity index (χ0) is 11.5. The summed E-state index contributed by atoms with van der Waals surface area (Å²) < 4.78 is 14.5. The molecule has 5 heteroatoms. The van der Waals surface area contributed by atoms with Gasteiger partial charge in [0.05, 0.1) is 19.3 Å². The first-order valence-corrected chi connectivity index (χ1v) is 4.94. The molecule has 2 aromatic rings. The van der Waals surface area contributed by atoms with Gasteiger partial charge in [-0.3, -0.25) is 0 Å². The zero-order valence-electron chi connectivity index (χ0n) is 8.89. The van der Waals surface area contributed by atoms with E-state index in [0.29, 0.717) is 12.2 Å². The fourth-order valence-electron chi connectivity index (χ4n) is 1.50. The summed E-state index contributed by atoms with van der Waals surface area (Å²) in [7, 11) is 0. The molecule has 0 fully saturated rings. The van der Waals surface area contributed by atoms with Crippen LogP contribution in [0.3, 0.4) is 0 Å². The maximum Gasteiger partial charge on any atom is 0.123 e. The smallest absolute Gasteiger partial charge is 0.123 e. The van der Waals surface area contributed by atoms with Gasteiger partial charge in [-0.15, -0.1) is 5.10 Å². The van der Waals surface area contributed by atoms with Crippen LogP contribution in [0.25, 0.3) is 0 Å². The van der Waals surface area contributed by atoms with Gasteiger partial charge in [0.15, 0.2) is 0 Å². The Balaban J connectivity index is 2.20. The van der Waals surface area contributed by atoms with E-state index in [4.69, 9.17) is 5.11 Å². The lowest BCUT2D eigenvalue weighted by atomic mass is 10.1. The zero-order valence-corrected chi connectivity index (χ0v) is 8.89. The highest BCUT2D eigenvalue weighted by molar-refractivity contribution is 5.26. The largest absolute Gasteiger partial charge is 0.390 e. The van der Waals surface area contributed by atoms with Crippen LogP contribution in [-0.2, 0) is 13.2 Å². The van der Waals surface area contributed by atoms with Gasteiger partial charge < -0.3 is 5.11 Å². The molecular weight excluding hydrogens is 209 g/mol. The Labute approximate surface area is 92.3 Å². The van der Waals surface area contributed by atoms with Crippen molar-refractivity contribution in [1.82, 2.24) is 15.0 Å². The summed E-state index contributed by atoms with van der Waals surface area (Å²) in [6, 6.07) is 4.64. The molecule has 0 aliphatic heterocycles. The van der Waals surface area contributed by atoms with Gasteiger partial charge >= 0.3 is 0 Å². The first kappa shape index (κ1) is 10.8. The van der Waals surface area contributed by atoms with E-state index in [1.807, 2.05) is 6.92 Å². The minimum absolute atomic E-state index is 0.123. The second-order valence-corrected chi connectivity index (χ2v) is 3.64. The van der Waals surface area contributed by atoms with Crippen LogP contribution in [0, 0.1) is 12.7 Å². The molecule has 1 N–H and O–H groups in total. The van der Waals surface area contributed by atoms with E-state index in [0.717, 1.165) is 11.1 Å². The van der Waals surface area contributed by atoms with Crippen LogP contribution in [0.5, 0.6) is 0 Å². The average Bonchev–Trinajstić information content (AvgIpc) is 2.70. The van der Waals surface area contributed by atoms with E-state index in [-0.39, 0.29) is 12.4 Å². The second kappa shape index (κ2) is 4.40. The van der Waals surface area contributed by atoms with Crippen LogP contribution < -0.4 is 0 Å². The molecule has 1 aromatic carbocycles. The minimum atomic E-state index is -0.240. The summed E-state index contributed by atoms with van der Waals surface area (Å²) in [6.07, 6.45) is 1.67. The van der Waals surface area contributed by atoms with Crippen molar-refractivity contribution < 1.29 is 9.50 Å². The first-order valence-electron chi connectivity index (χ1n) is 4.94. The van der Waals surface area contributed by atoms with Crippen LogP contribution >= 0.6 is 0 Å². The topological polar surface area (TPSA) is 50.9 Å². The molecule has 0 bridgehead atoms. The number of benzene rings is 1. The van der Waals surface area contributed by atoms with Gasteiger partial charge in [-0.05, 0) is 30.2 Å². The minimum Gasteiger partial charge on any atom is -0.390 e. The molecule has 0 unspecified atom stereocenters. The van der Waals surface area contributed by atoms with Crippen LogP contribution in [0.4, 0.5) is 4.39 Å². The number of hydrogen-bond acceptors (Lipinski definition) is 3. The van der Waals surface area contributed by atoms with Crippen molar-refractivity contribution in [3.05, 3.63) is 47.0 Å². The summed E-state index contributed by atoms with van der Waals surface area (Å²) in [4.78, 5) is 0. The Morgan fingerprint density at radius 1 is 1.44 bits per heavy atom. The van der Waals surface area contributed by atoms with Crippen molar-refractivity contribution in [3.8, 4) is 0 Å². The van der Waals surface area contributed by atoms with Crippen LogP contribution in [0.1, 0.15) is 16.8 Å². The summed E-state index contributed by atoms with van der Waals surface area (Å²) >= 11 is 0. The number of hydrogen-bond donors (Lipinski definition) is 1. The average molecular weight is 221 g/mol. The van der Waals surface area contributed by atoms with Gasteiger partial charge in [-0.1, -0.05) is 11.3 Å². The molecule has 84 valence electrons. The fraction of sp³-hybridized carbons (Fsp3) is 0.273. The monoisotopic (exact) mass is 221 g/mol. The van der Waals surface area contributed by atoms with Crippen molar-refractivity contribution in [3.63, 3.8) is 0 Å². The van der Waals surface area contributed by atoms with Crippen molar-refractivity contribution in [1.29, 1.82) is 0 Å². The summed E-state index contributed by atoms with van der Waals surface area (Å²) in [5.41, 5.74) is 2.39. The molecule has 4 nitrogen and oxygen atoms in total. The number of aromatic nitrogens is 3. The van der Waals surface area contributed by atoms with Gasteiger partial charge in [0.2, 0.25) is 0 Å². The lowest BCUT2D eigenvalue weighted by Gasteiger charge is -2.04. The van der Waals surface area contributed by atoms with Gasteiger partial charge in [-0.2, -0.15) is 0 Å². The molecule has 0 aliphatic rings. The summed E-state index contributed by atoms with van der Waals surface area (Å²) in [5, 5.41) is 16.5. The molecule has 0 spiro atoms. The van der Waals surface area contributed by atoms with Crippen molar-refractivity contribution >= 4 is 0 Å². The number of aryl methyl sites for hydroxylation is 1. The van der Waals surface area contributed by atoms with E-state index in [1.165, 1.54) is 12.1 Å². The fourth-order valence-corrected chi connectivity index (χ4v) is 1.50. The standard InChI is InChI=1S/C11H12FN3O/c1-8-4-10(12)3-2-9(8)5-15-6-11(7-16)13-14-15/h2-4,6,16H,5,7H2,1H3. The molecule has 1 aromatic heterocycles. The molecule has 0 amide bonds. The Morgan fingerprint density at radius 3 is 2.88 bits per heavy atom. The normalized spacial score (nSPS) is 10.7. The van der Waals surface area contributed by atoms with Crippen LogP contribution in [0.15, 0.2) is 24.4 Å². The first-order chi connectivity index (χ1) is 7.69. The number of halogens is 1. The molecule has 1 heterocycles. The molecule has 2 rings (SSSR count). The number of aliphatic hydroxyl groups excluding tert-OH is 1. The molecule has 0 atom stereocenters. The molecule has 0 aliphatic carbocycles. The van der Waals surface area contributed by atoms with Gasteiger partial charge in [0.1, 0.15) is 11.5 Å². The van der Waals surface area contributed by atoms with Crippen molar-refractivity contribution in [2.75, 3.05) is 0 Å². The summed E-state index contributed by atoms with van der Waals surface area (Å²) in [6.45, 7) is 2.25. The van der Waals surface area contributed by atoms with Crippen molar-refractivity contribution in [2.45, 2.75) is 20.1 Å². The van der Waals surface area contributed by atoms with Gasteiger partial charge in [-0.25, -0.2) is 9.07 Å². The number of nitrogens with zero attached hydrogens (tertiary/aromatic N) is 3. The Hall–Kier alpha value is -1.75. The van der Waals surface area contributed by atoms with E-state index in [2.05, 4.69) is 10.3 Å². The molecule has 0 saturated carbocycles. The maximum absolute atomic E-state index is 12.9. The maximum atomic E-state index is 12.9. The van der Waals surface area contributed by atoms with Crippen LogP contribution in [-0.4, -0.2) is 20.1 Å². The third-order valence-corrected chi connectivity index (χ3v) is 2.39. The lowest BCUT2D eigenvalue weighted by molar-refractivity contribution is 0.276. The molecule has 0 radical (unpaired) electrons. The Kier molecular flexibility index (Phi) is 2.96. The number of rotatable bonds is 3. The lowest BCUT2D eigenvalue weighted by Crippen LogP contribution is -2.02. The van der Waals surface area contributed by atoms with Crippen molar-refractivity contribution in [2.24, 2.45) is 0 Å². The molecular formula is C11H12FN3O. The highest BCUT2D eigenvalue weighted by atomic mass is 19.1. The van der Waals surface area contributed by atoms with Gasteiger partial charge in [0.25, 0.3) is 0 Å². The third-order valence-electron chi connectivity index (χ3n) is 2.39. The van der Waals surface area contributed by atoms with Gasteiger partial charge in [0, 0.05) is 0 Å². The van der Waals surface area contributed by atoms with E-state index >= 15 is 0 Å².